The van der Waals surface area contributed by atoms with Crippen molar-refractivity contribution in [2.45, 2.75) is 62.3 Å². The first-order valence-electron chi connectivity index (χ1n) is 7.04. The highest BCUT2D eigenvalue weighted by molar-refractivity contribution is 7.91. The van der Waals surface area contributed by atoms with E-state index in [-0.39, 0.29) is 17.4 Å². The van der Waals surface area contributed by atoms with Crippen molar-refractivity contribution in [3.8, 4) is 0 Å². The average Bonchev–Trinajstić information content (AvgIpc) is 2.38. The molecule has 4 nitrogen and oxygen atoms in total. The number of nitrogens with two attached hydrogens (primary N) is 1. The second-order valence-corrected chi connectivity index (χ2v) is 8.19. The number of hydrogen-bond donors (Lipinski definition) is 1. The molecule has 0 spiro atoms. The van der Waals surface area contributed by atoms with E-state index < -0.39 is 9.84 Å². The fourth-order valence-corrected chi connectivity index (χ4v) is 4.48. The Morgan fingerprint density at radius 3 is 2.56 bits per heavy atom. The third-order valence-electron chi connectivity index (χ3n) is 4.46. The molecule has 2 rings (SSSR count). The van der Waals surface area contributed by atoms with E-state index in [4.69, 9.17) is 10.5 Å². The third kappa shape index (κ3) is 3.45. The highest BCUT2D eigenvalue weighted by atomic mass is 32.2. The van der Waals surface area contributed by atoms with Gasteiger partial charge in [-0.1, -0.05) is 6.42 Å². The zero-order valence-corrected chi connectivity index (χ0v) is 12.0. The molecule has 4 atom stereocenters. The second-order valence-electron chi connectivity index (χ2n) is 5.86. The van der Waals surface area contributed by atoms with Gasteiger partial charge in [0.25, 0.3) is 0 Å². The van der Waals surface area contributed by atoms with Crippen molar-refractivity contribution in [1.82, 2.24) is 0 Å². The Balaban J connectivity index is 1.95. The molecule has 18 heavy (non-hydrogen) atoms. The molecule has 0 aromatic heterocycles. The fraction of sp³-hybridized carbons (Fsp3) is 1.00. The first-order chi connectivity index (χ1) is 8.48. The van der Waals surface area contributed by atoms with Gasteiger partial charge in [0.15, 0.2) is 0 Å². The van der Waals surface area contributed by atoms with Crippen LogP contribution >= 0.6 is 0 Å². The molecule has 106 valence electrons. The summed E-state index contributed by atoms with van der Waals surface area (Å²) in [5, 5.41) is -0.189. The summed E-state index contributed by atoms with van der Waals surface area (Å²) < 4.78 is 29.1. The molecule has 2 N–H and O–H groups in total. The Morgan fingerprint density at radius 2 is 1.94 bits per heavy atom. The second kappa shape index (κ2) is 5.88. The molecule has 4 unspecified atom stereocenters. The predicted molar refractivity (Wildman–Crippen MR) is 72.2 cm³/mol. The summed E-state index contributed by atoms with van der Waals surface area (Å²) in [4.78, 5) is 0. The Labute approximate surface area is 110 Å². The predicted octanol–water partition coefficient (Wildman–Crippen LogP) is 1.49. The van der Waals surface area contributed by atoms with Crippen LogP contribution in [0.2, 0.25) is 0 Å². The minimum absolute atomic E-state index is 0.00912. The van der Waals surface area contributed by atoms with Crippen LogP contribution in [-0.2, 0) is 14.6 Å². The van der Waals surface area contributed by atoms with Crippen molar-refractivity contribution < 1.29 is 13.2 Å². The van der Waals surface area contributed by atoms with Gasteiger partial charge in [0.1, 0.15) is 9.84 Å². The summed E-state index contributed by atoms with van der Waals surface area (Å²) in [5.41, 5.74) is 6.31. The average molecular weight is 275 g/mol. The molecule has 5 heteroatoms. The first kappa shape index (κ1) is 14.3. The summed E-state index contributed by atoms with van der Waals surface area (Å²) in [6.45, 7) is 0.806. The van der Waals surface area contributed by atoms with E-state index in [1.807, 2.05) is 0 Å². The summed E-state index contributed by atoms with van der Waals surface area (Å²) in [6.07, 6.45) is 8.37. The molecule has 1 saturated carbocycles. The molecule has 0 aromatic rings. The third-order valence-corrected chi connectivity index (χ3v) is 6.10. The van der Waals surface area contributed by atoms with Crippen molar-refractivity contribution >= 4 is 9.84 Å². The van der Waals surface area contributed by atoms with E-state index >= 15 is 0 Å². The van der Waals surface area contributed by atoms with Crippen molar-refractivity contribution in [1.29, 1.82) is 0 Å². The van der Waals surface area contributed by atoms with Gasteiger partial charge in [0, 0.05) is 18.9 Å². The Morgan fingerprint density at radius 1 is 1.17 bits per heavy atom. The highest BCUT2D eigenvalue weighted by Gasteiger charge is 2.35. The van der Waals surface area contributed by atoms with Crippen molar-refractivity contribution in [3.63, 3.8) is 0 Å². The lowest BCUT2D eigenvalue weighted by Crippen LogP contribution is -2.47. The molecule has 0 aromatic carbocycles. The lowest BCUT2D eigenvalue weighted by Gasteiger charge is -2.37. The van der Waals surface area contributed by atoms with E-state index in [2.05, 4.69) is 0 Å². The van der Waals surface area contributed by atoms with Gasteiger partial charge in [0.2, 0.25) is 0 Å². The number of ether oxygens (including phenoxy) is 1. The number of sulfone groups is 1. The van der Waals surface area contributed by atoms with Gasteiger partial charge in [-0.25, -0.2) is 8.42 Å². The van der Waals surface area contributed by atoms with Gasteiger partial charge in [-0.2, -0.15) is 0 Å². The molecule has 2 fully saturated rings. The molecular formula is C13H25NO3S. The molecule has 1 aliphatic heterocycles. The number of rotatable bonds is 3. The topological polar surface area (TPSA) is 69.4 Å². The molecule has 0 bridgehead atoms. The number of hydrogen-bond acceptors (Lipinski definition) is 4. The van der Waals surface area contributed by atoms with Gasteiger partial charge < -0.3 is 10.5 Å². The van der Waals surface area contributed by atoms with Crippen LogP contribution in [0.15, 0.2) is 0 Å². The van der Waals surface area contributed by atoms with Gasteiger partial charge >= 0.3 is 0 Å². The lowest BCUT2D eigenvalue weighted by atomic mass is 9.80. The summed E-state index contributed by atoms with van der Waals surface area (Å²) >= 11 is 0. The minimum atomic E-state index is -2.92. The molecular weight excluding hydrogens is 250 g/mol. The summed E-state index contributed by atoms with van der Waals surface area (Å²) in [5.74, 6) is 0.307. The Kier molecular flexibility index (Phi) is 4.67. The molecule has 1 aliphatic carbocycles. The maximum atomic E-state index is 11.7. The van der Waals surface area contributed by atoms with Crippen LogP contribution in [0, 0.1) is 5.92 Å². The van der Waals surface area contributed by atoms with Crippen LogP contribution in [0.5, 0.6) is 0 Å². The van der Waals surface area contributed by atoms with Crippen LogP contribution in [0.1, 0.15) is 44.9 Å². The van der Waals surface area contributed by atoms with E-state index in [0.717, 1.165) is 45.1 Å². The molecule has 2 aliphatic rings. The SMILES string of the molecule is CS(=O)(=O)C1CCCC(C(N)C2CCCCO2)C1. The maximum Gasteiger partial charge on any atom is 0.150 e. The molecule has 0 radical (unpaired) electrons. The smallest absolute Gasteiger partial charge is 0.150 e. The van der Waals surface area contributed by atoms with Crippen molar-refractivity contribution in [2.24, 2.45) is 11.7 Å². The zero-order valence-electron chi connectivity index (χ0n) is 11.2. The summed E-state index contributed by atoms with van der Waals surface area (Å²) in [6, 6.07) is 0.00912. The molecule has 0 amide bonds. The molecule has 1 saturated heterocycles. The normalized spacial score (nSPS) is 36.2. The van der Waals surface area contributed by atoms with Gasteiger partial charge in [-0.3, -0.25) is 0 Å². The van der Waals surface area contributed by atoms with E-state index in [1.54, 1.807) is 0 Å². The van der Waals surface area contributed by atoms with Crippen molar-refractivity contribution in [3.05, 3.63) is 0 Å². The fourth-order valence-electron chi connectivity index (χ4n) is 3.29. The van der Waals surface area contributed by atoms with Crippen LogP contribution in [-0.4, -0.2) is 38.7 Å². The van der Waals surface area contributed by atoms with Gasteiger partial charge in [-0.15, -0.1) is 0 Å². The van der Waals surface area contributed by atoms with E-state index in [9.17, 15) is 8.42 Å². The quantitative estimate of drug-likeness (QED) is 0.847. The summed E-state index contributed by atoms with van der Waals surface area (Å²) in [7, 11) is -2.92. The highest BCUT2D eigenvalue weighted by Crippen LogP contribution is 2.32. The Bertz CT molecular complexity index is 362. The maximum absolute atomic E-state index is 11.7. The van der Waals surface area contributed by atoms with Gasteiger partial charge in [-0.05, 0) is 44.4 Å². The minimum Gasteiger partial charge on any atom is -0.377 e. The van der Waals surface area contributed by atoms with Crippen LogP contribution < -0.4 is 5.73 Å². The Hall–Kier alpha value is -0.130. The van der Waals surface area contributed by atoms with Crippen LogP contribution in [0.3, 0.4) is 0 Å². The largest absolute Gasteiger partial charge is 0.377 e. The first-order valence-corrected chi connectivity index (χ1v) is 9.00. The van der Waals surface area contributed by atoms with Crippen LogP contribution in [0.25, 0.3) is 0 Å². The van der Waals surface area contributed by atoms with E-state index in [0.29, 0.717) is 5.92 Å². The van der Waals surface area contributed by atoms with Gasteiger partial charge in [0.05, 0.1) is 11.4 Å². The zero-order chi connectivity index (χ0) is 13.2. The van der Waals surface area contributed by atoms with Crippen molar-refractivity contribution in [2.75, 3.05) is 12.9 Å². The molecule has 1 heterocycles. The standard InChI is InChI=1S/C13H25NO3S/c1-18(15,16)11-6-4-5-10(9-11)13(14)12-7-2-3-8-17-12/h10-13H,2-9,14H2,1H3. The monoisotopic (exact) mass is 275 g/mol. The van der Waals surface area contributed by atoms with Crippen LogP contribution in [0.4, 0.5) is 0 Å². The lowest BCUT2D eigenvalue weighted by molar-refractivity contribution is -0.0151. The van der Waals surface area contributed by atoms with E-state index in [1.165, 1.54) is 12.7 Å².